The average molecular weight is 265 g/mol. The minimum atomic E-state index is -0.595. The Bertz CT molecular complexity index is 339. The first-order valence-electron chi connectivity index (χ1n) is 3.87. The van der Waals surface area contributed by atoms with Gasteiger partial charge in [-0.1, -0.05) is 11.6 Å². The third kappa shape index (κ3) is 1.98. The number of aliphatic hydroxyl groups excluding tert-OH is 1. The van der Waals surface area contributed by atoms with Gasteiger partial charge in [-0.2, -0.15) is 0 Å². The molecule has 0 fully saturated rings. The molecule has 0 heterocycles. The Hall–Kier alpha value is -0.250. The van der Waals surface area contributed by atoms with Gasteiger partial charge in [-0.25, -0.2) is 0 Å². The lowest BCUT2D eigenvalue weighted by molar-refractivity contribution is 0.198. The van der Waals surface area contributed by atoms with Crippen LogP contribution in [0.3, 0.4) is 0 Å². The number of rotatable bonds is 1. The van der Waals surface area contributed by atoms with Crippen LogP contribution in [0.4, 0.5) is 5.69 Å². The van der Waals surface area contributed by atoms with E-state index in [4.69, 9.17) is 17.3 Å². The van der Waals surface area contributed by atoms with E-state index in [1.54, 1.807) is 6.92 Å². The summed E-state index contributed by atoms with van der Waals surface area (Å²) in [5, 5.41) is 9.88. The Morgan fingerprint density at radius 3 is 2.62 bits per heavy atom. The molecule has 1 aromatic carbocycles. The number of hydrogen-bond acceptors (Lipinski definition) is 2. The molecule has 0 aromatic heterocycles. The van der Waals surface area contributed by atoms with Crippen LogP contribution in [-0.4, -0.2) is 5.11 Å². The number of aryl methyl sites for hydroxylation is 1. The van der Waals surface area contributed by atoms with Crippen LogP contribution in [0.1, 0.15) is 24.2 Å². The molecule has 0 saturated carbocycles. The van der Waals surface area contributed by atoms with Crippen molar-refractivity contribution in [2.75, 3.05) is 5.73 Å². The molecule has 1 atom stereocenters. The van der Waals surface area contributed by atoms with Gasteiger partial charge >= 0.3 is 0 Å². The summed E-state index contributed by atoms with van der Waals surface area (Å²) in [5.74, 6) is 0. The molecular weight excluding hydrogens is 253 g/mol. The Labute approximate surface area is 90.8 Å². The largest absolute Gasteiger partial charge is 0.397 e. The number of halogens is 2. The fourth-order valence-electron chi connectivity index (χ4n) is 1.28. The first-order chi connectivity index (χ1) is 5.95. The molecule has 13 heavy (non-hydrogen) atoms. The third-order valence-electron chi connectivity index (χ3n) is 1.92. The van der Waals surface area contributed by atoms with E-state index in [1.807, 2.05) is 13.0 Å². The second-order valence-corrected chi connectivity index (χ2v) is 4.22. The summed E-state index contributed by atoms with van der Waals surface area (Å²) < 4.78 is 0.763. The summed E-state index contributed by atoms with van der Waals surface area (Å²) in [6.45, 7) is 3.56. The molecule has 2 nitrogen and oxygen atoms in total. The lowest BCUT2D eigenvalue weighted by atomic mass is 10.0. The van der Waals surface area contributed by atoms with E-state index >= 15 is 0 Å². The van der Waals surface area contributed by atoms with Crippen LogP contribution >= 0.6 is 27.5 Å². The molecule has 72 valence electrons. The minimum Gasteiger partial charge on any atom is -0.397 e. The molecule has 1 rings (SSSR count). The van der Waals surface area contributed by atoms with Crippen LogP contribution in [0.2, 0.25) is 5.02 Å². The Morgan fingerprint density at radius 1 is 1.62 bits per heavy atom. The minimum absolute atomic E-state index is 0.432. The van der Waals surface area contributed by atoms with Crippen molar-refractivity contribution in [2.45, 2.75) is 20.0 Å². The number of hydrogen-bond donors (Lipinski definition) is 2. The van der Waals surface area contributed by atoms with Crippen LogP contribution in [0.25, 0.3) is 0 Å². The fourth-order valence-corrected chi connectivity index (χ4v) is 2.35. The van der Waals surface area contributed by atoms with E-state index in [0.717, 1.165) is 10.0 Å². The quantitative estimate of drug-likeness (QED) is 0.766. The summed E-state index contributed by atoms with van der Waals surface area (Å²) in [6, 6.07) is 1.85. The molecule has 0 spiro atoms. The van der Waals surface area contributed by atoms with Crippen molar-refractivity contribution in [3.63, 3.8) is 0 Å². The van der Waals surface area contributed by atoms with Gasteiger partial charge in [0, 0.05) is 10.0 Å². The highest BCUT2D eigenvalue weighted by atomic mass is 79.9. The molecule has 4 heteroatoms. The smallest absolute Gasteiger partial charge is 0.0779 e. The topological polar surface area (TPSA) is 46.2 Å². The maximum absolute atomic E-state index is 9.45. The number of anilines is 1. The second-order valence-electron chi connectivity index (χ2n) is 2.99. The van der Waals surface area contributed by atoms with Gasteiger partial charge in [-0.05, 0) is 41.4 Å². The van der Waals surface area contributed by atoms with Gasteiger partial charge in [-0.15, -0.1) is 0 Å². The van der Waals surface area contributed by atoms with Crippen molar-refractivity contribution in [3.8, 4) is 0 Å². The van der Waals surface area contributed by atoms with Gasteiger partial charge in [0.15, 0.2) is 0 Å². The van der Waals surface area contributed by atoms with Gasteiger partial charge in [0.05, 0.1) is 16.8 Å². The molecule has 0 radical (unpaired) electrons. The molecule has 0 amide bonds. The fraction of sp³-hybridized carbons (Fsp3) is 0.333. The predicted octanol–water partition coefficient (Wildman–Crippen LogP) is 3.05. The highest BCUT2D eigenvalue weighted by Crippen LogP contribution is 2.36. The molecule has 0 aliphatic rings. The van der Waals surface area contributed by atoms with Crippen molar-refractivity contribution in [2.24, 2.45) is 0 Å². The first-order valence-corrected chi connectivity index (χ1v) is 5.04. The first kappa shape index (κ1) is 10.8. The standard InChI is InChI=1S/C9H11BrClNO/c1-4-3-6(10)9(12)8(11)7(4)5(2)13/h3,5,13H,12H2,1-2H3. The number of benzene rings is 1. The van der Waals surface area contributed by atoms with Gasteiger partial charge in [0.1, 0.15) is 0 Å². The van der Waals surface area contributed by atoms with Gasteiger partial charge in [0.25, 0.3) is 0 Å². The zero-order valence-electron chi connectivity index (χ0n) is 7.44. The SMILES string of the molecule is Cc1cc(Br)c(N)c(Cl)c1C(C)O. The lowest BCUT2D eigenvalue weighted by Crippen LogP contribution is -2.00. The number of aliphatic hydroxyl groups is 1. The third-order valence-corrected chi connectivity index (χ3v) is 2.98. The van der Waals surface area contributed by atoms with E-state index in [1.165, 1.54) is 0 Å². The molecule has 0 bridgehead atoms. The van der Waals surface area contributed by atoms with Crippen LogP contribution in [0.5, 0.6) is 0 Å². The normalized spacial score (nSPS) is 13.0. The zero-order valence-corrected chi connectivity index (χ0v) is 9.78. The Morgan fingerprint density at radius 2 is 2.15 bits per heavy atom. The molecule has 1 unspecified atom stereocenters. The maximum Gasteiger partial charge on any atom is 0.0779 e. The summed E-state index contributed by atoms with van der Waals surface area (Å²) in [7, 11) is 0. The van der Waals surface area contributed by atoms with E-state index < -0.39 is 6.10 Å². The monoisotopic (exact) mass is 263 g/mol. The second kappa shape index (κ2) is 3.86. The number of nitrogen functional groups attached to an aromatic ring is 1. The summed E-state index contributed by atoms with van der Waals surface area (Å²) in [4.78, 5) is 0. The van der Waals surface area contributed by atoms with Crippen LogP contribution in [0.15, 0.2) is 10.5 Å². The molecule has 1 aromatic rings. The molecular formula is C9H11BrClNO. The van der Waals surface area contributed by atoms with Gasteiger partial charge < -0.3 is 10.8 Å². The van der Waals surface area contributed by atoms with E-state index in [9.17, 15) is 5.11 Å². The zero-order chi connectivity index (χ0) is 10.2. The van der Waals surface area contributed by atoms with Crippen molar-refractivity contribution in [1.29, 1.82) is 0 Å². The van der Waals surface area contributed by atoms with Crippen molar-refractivity contribution < 1.29 is 5.11 Å². The van der Waals surface area contributed by atoms with Gasteiger partial charge in [0.2, 0.25) is 0 Å². The predicted molar refractivity (Wildman–Crippen MR) is 58.9 cm³/mol. The molecule has 0 aliphatic carbocycles. The van der Waals surface area contributed by atoms with Crippen molar-refractivity contribution in [1.82, 2.24) is 0 Å². The van der Waals surface area contributed by atoms with Crippen LogP contribution < -0.4 is 5.73 Å². The summed E-state index contributed by atoms with van der Waals surface area (Å²) >= 11 is 9.27. The molecule has 0 aliphatic heterocycles. The Kier molecular flexibility index (Phi) is 3.22. The van der Waals surface area contributed by atoms with Gasteiger partial charge in [-0.3, -0.25) is 0 Å². The van der Waals surface area contributed by atoms with E-state index in [2.05, 4.69) is 15.9 Å². The Balaban J connectivity index is 3.44. The average Bonchev–Trinajstić information content (AvgIpc) is 1.99. The molecule has 0 saturated heterocycles. The molecule has 3 N–H and O–H groups in total. The van der Waals surface area contributed by atoms with E-state index in [0.29, 0.717) is 16.3 Å². The van der Waals surface area contributed by atoms with Crippen LogP contribution in [0, 0.1) is 6.92 Å². The highest BCUT2D eigenvalue weighted by molar-refractivity contribution is 9.10. The van der Waals surface area contributed by atoms with E-state index in [-0.39, 0.29) is 0 Å². The number of nitrogens with two attached hydrogens (primary N) is 1. The summed E-state index contributed by atoms with van der Waals surface area (Å²) in [6.07, 6.45) is -0.595. The highest BCUT2D eigenvalue weighted by Gasteiger charge is 2.14. The van der Waals surface area contributed by atoms with Crippen LogP contribution in [-0.2, 0) is 0 Å². The lowest BCUT2D eigenvalue weighted by Gasteiger charge is -2.14. The van der Waals surface area contributed by atoms with Crippen molar-refractivity contribution in [3.05, 3.63) is 26.7 Å². The summed E-state index contributed by atoms with van der Waals surface area (Å²) in [5.41, 5.74) is 7.80. The van der Waals surface area contributed by atoms with Crippen molar-refractivity contribution >= 4 is 33.2 Å². The maximum atomic E-state index is 9.45.